The van der Waals surface area contributed by atoms with Crippen LogP contribution in [0, 0.1) is 0 Å². The van der Waals surface area contributed by atoms with Gasteiger partial charge in [-0.2, -0.15) is 0 Å². The second-order valence-electron chi connectivity index (χ2n) is 5.51. The zero-order valence-electron chi connectivity index (χ0n) is 14.6. The molecule has 2 aromatic carbocycles. The third-order valence-electron chi connectivity index (χ3n) is 3.58. The number of carbonyl (C=O) groups excluding carboxylic acids is 1. The third kappa shape index (κ3) is 5.33. The van der Waals surface area contributed by atoms with Crippen molar-refractivity contribution in [2.24, 2.45) is 0 Å². The van der Waals surface area contributed by atoms with Crippen LogP contribution in [0.2, 0.25) is 5.02 Å². The Labute approximate surface area is 162 Å². The molecule has 1 N–H and O–H groups in total. The van der Waals surface area contributed by atoms with Crippen molar-refractivity contribution in [1.29, 1.82) is 0 Å². The van der Waals surface area contributed by atoms with Gasteiger partial charge in [-0.3, -0.25) is 4.79 Å². The molecule has 136 valence electrons. The minimum Gasteiger partial charge on any atom is -0.493 e. The number of carbonyl (C=O) groups is 1. The minimum absolute atomic E-state index is 0.259. The number of methoxy groups -OCH3 is 1. The summed E-state index contributed by atoms with van der Waals surface area (Å²) in [5, 5.41) is 3.39. The smallest absolute Gasteiger partial charge is 0.248 e. The number of benzene rings is 2. The van der Waals surface area contributed by atoms with Crippen molar-refractivity contribution in [1.82, 2.24) is 4.98 Å². The van der Waals surface area contributed by atoms with Crippen LogP contribution in [0.3, 0.4) is 0 Å². The summed E-state index contributed by atoms with van der Waals surface area (Å²) in [6, 6.07) is 17.9. The molecule has 1 heterocycles. The molecule has 0 bridgehead atoms. The molecule has 0 atom stereocenters. The number of aromatic nitrogens is 1. The highest BCUT2D eigenvalue weighted by molar-refractivity contribution is 6.30. The van der Waals surface area contributed by atoms with E-state index >= 15 is 0 Å². The molecular formula is C21H17ClN2O3. The molecule has 0 saturated heterocycles. The lowest BCUT2D eigenvalue weighted by atomic mass is 10.2. The molecule has 0 aliphatic carbocycles. The van der Waals surface area contributed by atoms with Gasteiger partial charge in [0.2, 0.25) is 11.8 Å². The number of anilines is 1. The molecule has 3 rings (SSSR count). The zero-order chi connectivity index (χ0) is 19.1. The lowest BCUT2D eigenvalue weighted by molar-refractivity contribution is -0.111. The maximum absolute atomic E-state index is 12.0. The van der Waals surface area contributed by atoms with E-state index < -0.39 is 0 Å². The van der Waals surface area contributed by atoms with E-state index in [0.29, 0.717) is 28.1 Å². The Bertz CT molecular complexity index is 938. The molecule has 27 heavy (non-hydrogen) atoms. The third-order valence-corrected chi connectivity index (χ3v) is 3.84. The van der Waals surface area contributed by atoms with Crippen LogP contribution in [0.4, 0.5) is 5.69 Å². The SMILES string of the molecule is COc1ccccc1Oc1ccc(NC(=O)/C=C/c2ccc(Cl)cc2)cn1. The van der Waals surface area contributed by atoms with Crippen LogP contribution >= 0.6 is 11.6 Å². The van der Waals surface area contributed by atoms with Gasteiger partial charge < -0.3 is 14.8 Å². The quantitative estimate of drug-likeness (QED) is 0.598. The second-order valence-corrected chi connectivity index (χ2v) is 5.95. The monoisotopic (exact) mass is 380 g/mol. The molecule has 6 heteroatoms. The van der Waals surface area contributed by atoms with E-state index in [4.69, 9.17) is 21.1 Å². The fourth-order valence-corrected chi connectivity index (χ4v) is 2.39. The van der Waals surface area contributed by atoms with E-state index in [-0.39, 0.29) is 5.91 Å². The standard InChI is InChI=1S/C21H17ClN2O3/c1-26-18-4-2-3-5-19(18)27-21-13-11-17(14-23-21)24-20(25)12-8-15-6-9-16(22)10-7-15/h2-14H,1H3,(H,24,25)/b12-8+. The van der Waals surface area contributed by atoms with E-state index in [9.17, 15) is 4.79 Å². The number of amides is 1. The van der Waals surface area contributed by atoms with Crippen molar-refractivity contribution in [3.63, 3.8) is 0 Å². The van der Waals surface area contributed by atoms with Gasteiger partial charge in [-0.05, 0) is 42.0 Å². The largest absolute Gasteiger partial charge is 0.493 e. The van der Waals surface area contributed by atoms with Crippen molar-refractivity contribution in [2.75, 3.05) is 12.4 Å². The molecule has 0 fully saturated rings. The molecule has 0 spiro atoms. The number of nitrogens with one attached hydrogen (secondary N) is 1. The summed E-state index contributed by atoms with van der Waals surface area (Å²) in [7, 11) is 1.58. The zero-order valence-corrected chi connectivity index (χ0v) is 15.3. The summed E-state index contributed by atoms with van der Waals surface area (Å²) in [4.78, 5) is 16.2. The Kier molecular flexibility index (Phi) is 6.07. The van der Waals surface area contributed by atoms with Gasteiger partial charge in [0.05, 0.1) is 19.0 Å². The van der Waals surface area contributed by atoms with Crippen molar-refractivity contribution < 1.29 is 14.3 Å². The van der Waals surface area contributed by atoms with Crippen molar-refractivity contribution in [3.05, 3.63) is 83.5 Å². The van der Waals surface area contributed by atoms with Gasteiger partial charge in [0.15, 0.2) is 11.5 Å². The van der Waals surface area contributed by atoms with Crippen LogP contribution in [-0.4, -0.2) is 18.0 Å². The number of para-hydroxylation sites is 2. The first-order valence-corrected chi connectivity index (χ1v) is 8.53. The molecule has 0 unspecified atom stereocenters. The molecule has 3 aromatic rings. The maximum Gasteiger partial charge on any atom is 0.248 e. The Morgan fingerprint density at radius 1 is 1.04 bits per heavy atom. The number of hydrogen-bond donors (Lipinski definition) is 1. The topological polar surface area (TPSA) is 60.5 Å². The van der Waals surface area contributed by atoms with E-state index in [2.05, 4.69) is 10.3 Å². The summed E-state index contributed by atoms with van der Waals surface area (Å²) in [6.07, 6.45) is 4.68. The predicted molar refractivity (Wildman–Crippen MR) is 106 cm³/mol. The number of rotatable bonds is 6. The number of hydrogen-bond acceptors (Lipinski definition) is 4. The molecule has 0 radical (unpaired) electrons. The summed E-state index contributed by atoms with van der Waals surface area (Å²) in [5.41, 5.74) is 1.45. The van der Waals surface area contributed by atoms with Gasteiger partial charge in [-0.15, -0.1) is 0 Å². The number of nitrogens with zero attached hydrogens (tertiary/aromatic N) is 1. The molecule has 5 nitrogen and oxygen atoms in total. The lowest BCUT2D eigenvalue weighted by Gasteiger charge is -2.09. The first-order chi connectivity index (χ1) is 13.1. The van der Waals surface area contributed by atoms with Crippen LogP contribution < -0.4 is 14.8 Å². The van der Waals surface area contributed by atoms with Crippen molar-refractivity contribution in [2.45, 2.75) is 0 Å². The van der Waals surface area contributed by atoms with Crippen molar-refractivity contribution >= 4 is 29.3 Å². The van der Waals surface area contributed by atoms with Crippen LogP contribution in [0.1, 0.15) is 5.56 Å². The predicted octanol–water partition coefficient (Wildman–Crippen LogP) is 5.19. The van der Waals surface area contributed by atoms with Gasteiger partial charge >= 0.3 is 0 Å². The van der Waals surface area contributed by atoms with E-state index in [1.165, 1.54) is 12.3 Å². The summed E-state index contributed by atoms with van der Waals surface area (Å²) in [6.45, 7) is 0. The van der Waals surface area contributed by atoms with Gasteiger partial charge in [0, 0.05) is 17.2 Å². The molecule has 0 aliphatic rings. The molecule has 0 aliphatic heterocycles. The lowest BCUT2D eigenvalue weighted by Crippen LogP contribution is -2.07. The van der Waals surface area contributed by atoms with Gasteiger partial charge in [-0.1, -0.05) is 35.9 Å². The highest BCUT2D eigenvalue weighted by atomic mass is 35.5. The Hall–Kier alpha value is -3.31. The van der Waals surface area contributed by atoms with Crippen molar-refractivity contribution in [3.8, 4) is 17.4 Å². The number of halogens is 1. The van der Waals surface area contributed by atoms with Crippen LogP contribution in [0.5, 0.6) is 17.4 Å². The van der Waals surface area contributed by atoms with Gasteiger partial charge in [0.1, 0.15) is 0 Å². The normalized spacial score (nSPS) is 10.6. The van der Waals surface area contributed by atoms with E-state index in [1.807, 2.05) is 24.3 Å². The van der Waals surface area contributed by atoms with Gasteiger partial charge in [-0.25, -0.2) is 4.98 Å². The maximum atomic E-state index is 12.0. The first kappa shape index (κ1) is 18.5. The number of ether oxygens (including phenoxy) is 2. The van der Waals surface area contributed by atoms with Crippen LogP contribution in [-0.2, 0) is 4.79 Å². The molecule has 1 amide bonds. The highest BCUT2D eigenvalue weighted by Gasteiger charge is 2.06. The second kappa shape index (κ2) is 8.87. The highest BCUT2D eigenvalue weighted by Crippen LogP contribution is 2.30. The average molecular weight is 381 g/mol. The Morgan fingerprint density at radius 3 is 2.44 bits per heavy atom. The number of pyridine rings is 1. The molecule has 0 saturated carbocycles. The minimum atomic E-state index is -0.259. The van der Waals surface area contributed by atoms with E-state index in [0.717, 1.165) is 5.56 Å². The first-order valence-electron chi connectivity index (χ1n) is 8.15. The summed E-state index contributed by atoms with van der Waals surface area (Å²) >= 11 is 5.83. The Balaban J connectivity index is 1.60. The van der Waals surface area contributed by atoms with Crippen LogP contribution in [0.15, 0.2) is 72.9 Å². The fourth-order valence-electron chi connectivity index (χ4n) is 2.26. The molecular weight excluding hydrogens is 364 g/mol. The Morgan fingerprint density at radius 2 is 1.78 bits per heavy atom. The fraction of sp³-hybridized carbons (Fsp3) is 0.0476. The summed E-state index contributed by atoms with van der Waals surface area (Å²) in [5.74, 6) is 1.32. The van der Waals surface area contributed by atoms with Gasteiger partial charge in [0.25, 0.3) is 0 Å². The average Bonchev–Trinajstić information content (AvgIpc) is 2.69. The van der Waals surface area contributed by atoms with E-state index in [1.54, 1.807) is 49.6 Å². The molecule has 1 aromatic heterocycles. The summed E-state index contributed by atoms with van der Waals surface area (Å²) < 4.78 is 10.9. The van der Waals surface area contributed by atoms with Crippen LogP contribution in [0.25, 0.3) is 6.08 Å².